The van der Waals surface area contributed by atoms with Crippen LogP contribution in [0, 0.1) is 5.92 Å². The van der Waals surface area contributed by atoms with Crippen LogP contribution >= 0.6 is 11.3 Å². The van der Waals surface area contributed by atoms with E-state index in [4.69, 9.17) is 0 Å². The van der Waals surface area contributed by atoms with Crippen LogP contribution in [0.1, 0.15) is 35.9 Å². The summed E-state index contributed by atoms with van der Waals surface area (Å²) in [6, 6.07) is 2.66. The van der Waals surface area contributed by atoms with Gasteiger partial charge in [-0.1, -0.05) is 6.92 Å². The van der Waals surface area contributed by atoms with Gasteiger partial charge in [0, 0.05) is 18.0 Å². The van der Waals surface area contributed by atoms with Gasteiger partial charge in [0.1, 0.15) is 5.69 Å². The highest BCUT2D eigenvalue weighted by molar-refractivity contribution is 7.13. The van der Waals surface area contributed by atoms with Crippen LogP contribution in [0.4, 0.5) is 5.13 Å². The number of likely N-dealkylation sites (tertiary alicyclic amines) is 1. The van der Waals surface area contributed by atoms with Crippen molar-refractivity contribution >= 4 is 22.4 Å². The van der Waals surface area contributed by atoms with Gasteiger partial charge in [0.05, 0.1) is 5.69 Å². The second-order valence-corrected chi connectivity index (χ2v) is 6.72. The van der Waals surface area contributed by atoms with E-state index in [1.165, 1.54) is 36.3 Å². The van der Waals surface area contributed by atoms with Gasteiger partial charge in [-0.3, -0.25) is 19.8 Å². The van der Waals surface area contributed by atoms with Crippen LogP contribution in [-0.4, -0.2) is 39.1 Å². The summed E-state index contributed by atoms with van der Waals surface area (Å²) >= 11 is 1.40. The molecule has 2 N–H and O–H groups in total. The number of thiazole rings is 1. The molecule has 0 atom stereocenters. The summed E-state index contributed by atoms with van der Waals surface area (Å²) < 4.78 is 0. The number of rotatable bonds is 4. The zero-order valence-electron chi connectivity index (χ0n) is 12.9. The van der Waals surface area contributed by atoms with E-state index in [2.05, 4.69) is 32.3 Å². The molecule has 2 aromatic rings. The van der Waals surface area contributed by atoms with Crippen molar-refractivity contribution in [1.29, 1.82) is 0 Å². The monoisotopic (exact) mass is 333 g/mol. The molecule has 1 aliphatic heterocycles. The minimum Gasteiger partial charge on any atom is -0.297 e. The Morgan fingerprint density at radius 2 is 2.22 bits per heavy atom. The van der Waals surface area contributed by atoms with Gasteiger partial charge in [-0.2, -0.15) is 5.10 Å². The zero-order chi connectivity index (χ0) is 16.2. The van der Waals surface area contributed by atoms with E-state index >= 15 is 0 Å². The van der Waals surface area contributed by atoms with Crippen LogP contribution in [0.15, 0.2) is 22.3 Å². The normalized spacial score (nSPS) is 16.4. The molecule has 0 unspecified atom stereocenters. The van der Waals surface area contributed by atoms with Crippen LogP contribution in [0.25, 0.3) is 0 Å². The molecule has 1 aliphatic rings. The predicted molar refractivity (Wildman–Crippen MR) is 88.6 cm³/mol. The van der Waals surface area contributed by atoms with Crippen LogP contribution in [0.5, 0.6) is 0 Å². The summed E-state index contributed by atoms with van der Waals surface area (Å²) in [4.78, 5) is 29.8. The van der Waals surface area contributed by atoms with E-state index in [0.717, 1.165) is 31.2 Å². The van der Waals surface area contributed by atoms with Crippen LogP contribution < -0.4 is 10.9 Å². The van der Waals surface area contributed by atoms with Crippen molar-refractivity contribution in [1.82, 2.24) is 20.1 Å². The quantitative estimate of drug-likeness (QED) is 0.889. The molecule has 0 spiro atoms. The molecule has 7 nitrogen and oxygen atoms in total. The largest absolute Gasteiger partial charge is 0.297 e. The first-order valence-electron chi connectivity index (χ1n) is 7.64. The third kappa shape index (κ3) is 4.23. The molecule has 1 amide bonds. The first-order chi connectivity index (χ1) is 11.1. The van der Waals surface area contributed by atoms with Crippen molar-refractivity contribution < 1.29 is 4.79 Å². The Morgan fingerprint density at radius 3 is 2.91 bits per heavy atom. The Balaban J connectivity index is 1.57. The van der Waals surface area contributed by atoms with Gasteiger partial charge < -0.3 is 0 Å². The molecular formula is C15H19N5O2S. The lowest BCUT2D eigenvalue weighted by Gasteiger charge is -2.29. The van der Waals surface area contributed by atoms with E-state index < -0.39 is 0 Å². The lowest BCUT2D eigenvalue weighted by atomic mass is 9.99. The first kappa shape index (κ1) is 15.8. The summed E-state index contributed by atoms with van der Waals surface area (Å²) in [6.07, 6.45) is 2.46. The highest BCUT2D eigenvalue weighted by Gasteiger charge is 2.17. The molecule has 1 fully saturated rings. The number of aromatic nitrogens is 3. The molecular weight excluding hydrogens is 314 g/mol. The standard InChI is InChI=1S/C15H19N5O2S/c1-10-4-6-20(7-5-10)8-11-9-23-15(16-11)17-14(22)12-2-3-13(21)19-18-12/h2-3,9-10H,4-8H2,1H3,(H,19,21)(H,16,17,22). The van der Waals surface area contributed by atoms with Crippen molar-refractivity contribution in [2.45, 2.75) is 26.3 Å². The fraction of sp³-hybridized carbons (Fsp3) is 0.467. The van der Waals surface area contributed by atoms with Crippen LogP contribution in [-0.2, 0) is 6.54 Å². The highest BCUT2D eigenvalue weighted by atomic mass is 32.1. The number of hydrogen-bond donors (Lipinski definition) is 2. The molecule has 0 radical (unpaired) electrons. The van der Waals surface area contributed by atoms with Crippen LogP contribution in [0.2, 0.25) is 0 Å². The maximum atomic E-state index is 12.0. The molecule has 122 valence electrons. The number of H-pyrrole nitrogens is 1. The average molecular weight is 333 g/mol. The van der Waals surface area contributed by atoms with E-state index in [0.29, 0.717) is 5.13 Å². The van der Waals surface area contributed by atoms with Gasteiger partial charge in [0.25, 0.3) is 11.5 Å². The topological polar surface area (TPSA) is 91.0 Å². The summed E-state index contributed by atoms with van der Waals surface area (Å²) in [6.45, 7) is 5.30. The molecule has 23 heavy (non-hydrogen) atoms. The lowest BCUT2D eigenvalue weighted by molar-refractivity contribution is 0.102. The molecule has 3 heterocycles. The van der Waals surface area contributed by atoms with E-state index in [-0.39, 0.29) is 17.2 Å². The van der Waals surface area contributed by atoms with E-state index in [9.17, 15) is 9.59 Å². The number of carbonyl (C=O) groups is 1. The third-order valence-electron chi connectivity index (χ3n) is 3.95. The second-order valence-electron chi connectivity index (χ2n) is 5.86. The average Bonchev–Trinajstić information content (AvgIpc) is 2.97. The Hall–Kier alpha value is -2.06. The number of hydrogen-bond acceptors (Lipinski definition) is 6. The SMILES string of the molecule is CC1CCN(Cc2csc(NC(=O)c3ccc(=O)[nH]n3)n2)CC1. The number of amides is 1. The summed E-state index contributed by atoms with van der Waals surface area (Å²) in [5.74, 6) is 0.426. The van der Waals surface area contributed by atoms with Gasteiger partial charge in [-0.25, -0.2) is 10.1 Å². The molecule has 8 heteroatoms. The molecule has 0 bridgehead atoms. The Labute approximate surface area is 137 Å². The Bertz CT molecular complexity index is 713. The molecule has 1 saturated heterocycles. The summed E-state index contributed by atoms with van der Waals surface area (Å²) in [5, 5.41) is 11.2. The maximum Gasteiger partial charge on any atom is 0.277 e. The van der Waals surface area contributed by atoms with Crippen molar-refractivity contribution in [3.63, 3.8) is 0 Å². The molecule has 3 rings (SSSR count). The molecule has 0 aliphatic carbocycles. The number of nitrogens with zero attached hydrogens (tertiary/aromatic N) is 3. The van der Waals surface area contributed by atoms with Crippen molar-refractivity contribution in [2.24, 2.45) is 5.92 Å². The summed E-state index contributed by atoms with van der Waals surface area (Å²) in [5.41, 5.74) is 0.787. The molecule has 2 aromatic heterocycles. The fourth-order valence-corrected chi connectivity index (χ4v) is 3.21. The van der Waals surface area contributed by atoms with Gasteiger partial charge in [-0.05, 0) is 37.9 Å². The zero-order valence-corrected chi connectivity index (χ0v) is 13.7. The summed E-state index contributed by atoms with van der Waals surface area (Å²) in [7, 11) is 0. The maximum absolute atomic E-state index is 12.0. The van der Waals surface area contributed by atoms with Crippen LogP contribution in [0.3, 0.4) is 0 Å². The highest BCUT2D eigenvalue weighted by Crippen LogP contribution is 2.21. The number of aromatic amines is 1. The Morgan fingerprint density at radius 1 is 1.43 bits per heavy atom. The fourth-order valence-electron chi connectivity index (χ4n) is 2.52. The smallest absolute Gasteiger partial charge is 0.277 e. The third-order valence-corrected chi connectivity index (χ3v) is 4.75. The molecule has 0 aromatic carbocycles. The van der Waals surface area contributed by atoms with Gasteiger partial charge in [0.15, 0.2) is 5.13 Å². The van der Waals surface area contributed by atoms with Gasteiger partial charge in [-0.15, -0.1) is 11.3 Å². The predicted octanol–water partition coefficient (Wildman–Crippen LogP) is 1.71. The molecule has 0 saturated carbocycles. The first-order valence-corrected chi connectivity index (χ1v) is 8.52. The number of carbonyl (C=O) groups excluding carboxylic acids is 1. The van der Waals surface area contributed by atoms with Crippen molar-refractivity contribution in [3.05, 3.63) is 39.3 Å². The van der Waals surface area contributed by atoms with E-state index in [1.807, 2.05) is 5.38 Å². The van der Waals surface area contributed by atoms with Gasteiger partial charge >= 0.3 is 0 Å². The van der Waals surface area contributed by atoms with E-state index in [1.54, 1.807) is 0 Å². The number of anilines is 1. The minimum absolute atomic E-state index is 0.159. The number of piperidine rings is 1. The Kier molecular flexibility index (Phi) is 4.82. The lowest BCUT2D eigenvalue weighted by Crippen LogP contribution is -2.32. The van der Waals surface area contributed by atoms with Crippen molar-refractivity contribution in [2.75, 3.05) is 18.4 Å². The van der Waals surface area contributed by atoms with Gasteiger partial charge in [0.2, 0.25) is 0 Å². The minimum atomic E-state index is -0.381. The van der Waals surface area contributed by atoms with Crippen molar-refractivity contribution in [3.8, 4) is 0 Å². The number of nitrogens with one attached hydrogen (secondary N) is 2. The second kappa shape index (κ2) is 7.01.